The first-order valence-corrected chi connectivity index (χ1v) is 15.0. The lowest BCUT2D eigenvalue weighted by Crippen LogP contribution is -2.40. The molecule has 178 valence electrons. The second-order valence-electron chi connectivity index (χ2n) is 10.1. The lowest BCUT2D eigenvalue weighted by Gasteiger charge is -2.36. The van der Waals surface area contributed by atoms with E-state index < -0.39 is 8.32 Å². The fourth-order valence-corrected chi connectivity index (χ4v) is 4.54. The van der Waals surface area contributed by atoms with Gasteiger partial charge in [-0.2, -0.15) is 10.2 Å². The van der Waals surface area contributed by atoms with E-state index in [4.69, 9.17) is 9.16 Å². The third kappa shape index (κ3) is 6.54. The molecule has 0 bridgehead atoms. The number of nitrogens with zero attached hydrogens (tertiary/aromatic N) is 3. The third-order valence-electron chi connectivity index (χ3n) is 6.51. The second kappa shape index (κ2) is 10.5. The number of ether oxygens (including phenoxy) is 1. The molecule has 0 saturated carbocycles. The number of benzene rings is 1. The Bertz CT molecular complexity index is 1020. The lowest BCUT2D eigenvalue weighted by atomic mass is 9.96. The Morgan fingerprint density at radius 1 is 1.33 bits per heavy atom. The molecular formula is C24H34BrN5O2Si. The number of nitrogens with one attached hydrogen (secondary N) is 2. The highest BCUT2D eigenvalue weighted by atomic mass is 79.9. The van der Waals surface area contributed by atoms with E-state index in [2.05, 4.69) is 82.5 Å². The highest BCUT2D eigenvalue weighted by molar-refractivity contribution is 9.10. The smallest absolute Gasteiger partial charge is 0.229 e. The van der Waals surface area contributed by atoms with Crippen molar-refractivity contribution in [3.05, 3.63) is 40.0 Å². The highest BCUT2D eigenvalue weighted by Crippen LogP contribution is 2.37. The van der Waals surface area contributed by atoms with E-state index in [0.29, 0.717) is 31.6 Å². The minimum absolute atomic E-state index is 0.0861. The SMILES string of the molecule is Cc1cnc(Nc2ccc(Br)c(CO[Si](C)(C)C(C)(C)C)c2)nc1NC1COCCC1C#N. The van der Waals surface area contributed by atoms with Crippen LogP contribution in [0.3, 0.4) is 0 Å². The van der Waals surface area contributed by atoms with Crippen LogP contribution >= 0.6 is 15.9 Å². The van der Waals surface area contributed by atoms with Crippen LogP contribution in [0.1, 0.15) is 38.3 Å². The summed E-state index contributed by atoms with van der Waals surface area (Å²) in [5.41, 5.74) is 2.88. The first-order chi connectivity index (χ1) is 15.5. The van der Waals surface area contributed by atoms with Crippen LogP contribution < -0.4 is 10.6 Å². The van der Waals surface area contributed by atoms with Gasteiger partial charge in [-0.25, -0.2) is 4.98 Å². The zero-order valence-electron chi connectivity index (χ0n) is 20.3. The van der Waals surface area contributed by atoms with E-state index in [1.54, 1.807) is 6.20 Å². The Balaban J connectivity index is 1.74. The maximum atomic E-state index is 9.44. The number of hydrogen-bond donors (Lipinski definition) is 2. The van der Waals surface area contributed by atoms with E-state index in [0.717, 1.165) is 27.7 Å². The van der Waals surface area contributed by atoms with E-state index >= 15 is 0 Å². The van der Waals surface area contributed by atoms with E-state index in [1.807, 2.05) is 19.1 Å². The average molecular weight is 533 g/mol. The van der Waals surface area contributed by atoms with Crippen molar-refractivity contribution in [1.29, 1.82) is 5.26 Å². The van der Waals surface area contributed by atoms with Crippen LogP contribution in [-0.2, 0) is 15.8 Å². The van der Waals surface area contributed by atoms with Gasteiger partial charge in [0.1, 0.15) is 5.82 Å². The molecule has 1 aliphatic rings. The van der Waals surface area contributed by atoms with E-state index in [1.165, 1.54) is 0 Å². The van der Waals surface area contributed by atoms with Gasteiger partial charge in [-0.3, -0.25) is 0 Å². The Kier molecular flexibility index (Phi) is 8.16. The zero-order chi connectivity index (χ0) is 24.2. The molecule has 1 aromatic heterocycles. The van der Waals surface area contributed by atoms with Gasteiger partial charge in [0.15, 0.2) is 8.32 Å². The second-order valence-corrected chi connectivity index (χ2v) is 15.7. The maximum Gasteiger partial charge on any atom is 0.229 e. The molecule has 9 heteroatoms. The van der Waals surface area contributed by atoms with Crippen molar-refractivity contribution >= 4 is 41.7 Å². The van der Waals surface area contributed by atoms with Crippen LogP contribution in [0.2, 0.25) is 18.1 Å². The van der Waals surface area contributed by atoms with Gasteiger partial charge in [0.05, 0.1) is 31.2 Å². The molecule has 2 atom stereocenters. The molecule has 1 aliphatic heterocycles. The zero-order valence-corrected chi connectivity index (χ0v) is 22.9. The average Bonchev–Trinajstić information content (AvgIpc) is 2.76. The molecule has 33 heavy (non-hydrogen) atoms. The summed E-state index contributed by atoms with van der Waals surface area (Å²) in [7, 11) is -1.85. The van der Waals surface area contributed by atoms with Gasteiger partial charge in [0.2, 0.25) is 5.95 Å². The predicted molar refractivity (Wildman–Crippen MR) is 138 cm³/mol. The number of nitriles is 1. The maximum absolute atomic E-state index is 9.44. The molecule has 2 unspecified atom stereocenters. The topological polar surface area (TPSA) is 92.1 Å². The van der Waals surface area contributed by atoms with Crippen molar-refractivity contribution in [2.75, 3.05) is 23.8 Å². The molecule has 7 nitrogen and oxygen atoms in total. The van der Waals surface area contributed by atoms with Crippen LogP contribution in [0, 0.1) is 24.2 Å². The van der Waals surface area contributed by atoms with Gasteiger partial charge in [-0.1, -0.05) is 36.7 Å². The monoisotopic (exact) mass is 531 g/mol. The predicted octanol–water partition coefficient (Wildman–Crippen LogP) is 6.15. The number of aromatic nitrogens is 2. The van der Waals surface area contributed by atoms with Gasteiger partial charge < -0.3 is 19.8 Å². The van der Waals surface area contributed by atoms with Crippen LogP contribution in [-0.4, -0.2) is 37.5 Å². The Morgan fingerprint density at radius 3 is 2.79 bits per heavy atom. The molecular weight excluding hydrogens is 498 g/mol. The summed E-state index contributed by atoms with van der Waals surface area (Å²) in [5.74, 6) is 1.10. The summed E-state index contributed by atoms with van der Waals surface area (Å²) in [6.45, 7) is 14.8. The molecule has 0 aliphatic carbocycles. The van der Waals surface area contributed by atoms with Gasteiger partial charge in [0.25, 0.3) is 0 Å². The van der Waals surface area contributed by atoms with Gasteiger partial charge >= 0.3 is 0 Å². The summed E-state index contributed by atoms with van der Waals surface area (Å²) in [5, 5.41) is 16.3. The molecule has 2 heterocycles. The van der Waals surface area contributed by atoms with Crippen molar-refractivity contribution in [1.82, 2.24) is 9.97 Å². The third-order valence-corrected chi connectivity index (χ3v) is 11.8. The summed E-state index contributed by atoms with van der Waals surface area (Å²) < 4.78 is 13.0. The molecule has 1 saturated heterocycles. The molecule has 3 rings (SSSR count). The molecule has 0 radical (unpaired) electrons. The molecule has 0 amide bonds. The summed E-state index contributed by atoms with van der Waals surface area (Å²) in [6.07, 6.45) is 2.51. The number of hydrogen-bond acceptors (Lipinski definition) is 7. The largest absolute Gasteiger partial charge is 0.413 e. The minimum atomic E-state index is -1.85. The van der Waals surface area contributed by atoms with Gasteiger partial charge in [-0.05, 0) is 55.2 Å². The summed E-state index contributed by atoms with van der Waals surface area (Å²) in [6, 6.07) is 8.35. The minimum Gasteiger partial charge on any atom is -0.413 e. The summed E-state index contributed by atoms with van der Waals surface area (Å²) >= 11 is 3.65. The van der Waals surface area contributed by atoms with Crippen LogP contribution in [0.25, 0.3) is 0 Å². The highest BCUT2D eigenvalue weighted by Gasteiger charge is 2.37. The summed E-state index contributed by atoms with van der Waals surface area (Å²) in [4.78, 5) is 9.11. The fourth-order valence-electron chi connectivity index (χ4n) is 3.23. The Hall–Kier alpha value is -1.99. The standard InChI is InChI=1S/C24H34BrN5O2Si/c1-16-13-27-23(30-22(16)29-21-15-31-10-9-17(21)12-26)28-19-7-8-20(25)18(11-19)14-32-33(5,6)24(2,3)4/h7-8,11,13,17,21H,9-10,14-15H2,1-6H3,(H2,27,28,29,30). The normalized spacial score (nSPS) is 19.1. The molecule has 1 fully saturated rings. The van der Waals surface area contributed by atoms with Gasteiger partial charge in [0, 0.05) is 28.5 Å². The van der Waals surface area contributed by atoms with Crippen molar-refractivity contribution in [2.24, 2.45) is 5.92 Å². The molecule has 0 spiro atoms. The van der Waals surface area contributed by atoms with Crippen LogP contribution in [0.4, 0.5) is 17.5 Å². The van der Waals surface area contributed by atoms with Crippen molar-refractivity contribution in [2.45, 2.75) is 64.9 Å². The number of rotatable bonds is 7. The first-order valence-electron chi connectivity index (χ1n) is 11.3. The van der Waals surface area contributed by atoms with Crippen LogP contribution in [0.5, 0.6) is 0 Å². The number of halogens is 1. The Labute approximate surface area is 206 Å². The fraction of sp³-hybridized carbons (Fsp3) is 0.542. The number of anilines is 3. The molecule has 2 N–H and O–H groups in total. The number of aryl methyl sites for hydroxylation is 1. The van der Waals surface area contributed by atoms with Crippen molar-refractivity contribution < 1.29 is 9.16 Å². The van der Waals surface area contributed by atoms with Crippen molar-refractivity contribution in [3.8, 4) is 6.07 Å². The quantitative estimate of drug-likeness (QED) is 0.413. The first kappa shape index (κ1) is 25.6. The van der Waals surface area contributed by atoms with Crippen LogP contribution in [0.15, 0.2) is 28.9 Å². The molecule has 2 aromatic rings. The van der Waals surface area contributed by atoms with Crippen molar-refractivity contribution in [3.63, 3.8) is 0 Å². The molecule has 1 aromatic carbocycles. The lowest BCUT2D eigenvalue weighted by molar-refractivity contribution is 0.0698. The van der Waals surface area contributed by atoms with E-state index in [-0.39, 0.29) is 17.0 Å². The Morgan fingerprint density at radius 2 is 2.09 bits per heavy atom. The van der Waals surface area contributed by atoms with E-state index in [9.17, 15) is 5.26 Å². The van der Waals surface area contributed by atoms with Gasteiger partial charge in [-0.15, -0.1) is 0 Å².